The van der Waals surface area contributed by atoms with E-state index in [-0.39, 0.29) is 0 Å². The fourth-order valence-corrected chi connectivity index (χ4v) is 1.93. The van der Waals surface area contributed by atoms with Gasteiger partial charge in [0.2, 0.25) is 0 Å². The first-order chi connectivity index (χ1) is 6.15. The lowest BCUT2D eigenvalue weighted by Crippen LogP contribution is -2.31. The Balaban J connectivity index is 2.30. The van der Waals surface area contributed by atoms with Gasteiger partial charge in [-0.1, -0.05) is 13.3 Å². The van der Waals surface area contributed by atoms with E-state index < -0.39 is 0 Å². The minimum Gasteiger partial charge on any atom is -0.345 e. The van der Waals surface area contributed by atoms with Crippen molar-refractivity contribution in [3.8, 4) is 0 Å². The summed E-state index contributed by atoms with van der Waals surface area (Å²) in [6.07, 6.45) is 3.84. The molecule has 1 heterocycles. The second-order valence-electron chi connectivity index (χ2n) is 4.28. The van der Waals surface area contributed by atoms with Gasteiger partial charge < -0.3 is 10.7 Å². The number of aromatic nitrogens is 2. The smallest absolute Gasteiger partial charge is 0.112 e. The maximum atomic E-state index is 5.58. The summed E-state index contributed by atoms with van der Waals surface area (Å²) in [5.41, 5.74) is 8.03. The molecule has 3 N–H and O–H groups in total. The van der Waals surface area contributed by atoms with Crippen LogP contribution in [0, 0.1) is 6.92 Å². The topological polar surface area (TPSA) is 54.7 Å². The van der Waals surface area contributed by atoms with Crippen molar-refractivity contribution in [3.63, 3.8) is 0 Å². The molecule has 0 aromatic carbocycles. The Kier molecular flexibility index (Phi) is 1.91. The van der Waals surface area contributed by atoms with Crippen molar-refractivity contribution in [2.45, 2.75) is 45.1 Å². The van der Waals surface area contributed by atoms with Gasteiger partial charge in [-0.05, 0) is 19.8 Å². The highest BCUT2D eigenvalue weighted by Gasteiger charge is 2.36. The van der Waals surface area contributed by atoms with E-state index in [1.165, 1.54) is 19.3 Å². The molecule has 1 fully saturated rings. The van der Waals surface area contributed by atoms with Crippen LogP contribution in [0.15, 0.2) is 0 Å². The molecule has 1 aromatic heterocycles. The molecule has 0 amide bonds. The molecule has 72 valence electrons. The zero-order chi connectivity index (χ0) is 9.47. The number of rotatable bonds is 2. The van der Waals surface area contributed by atoms with Gasteiger partial charge in [0.25, 0.3) is 0 Å². The van der Waals surface area contributed by atoms with Gasteiger partial charge in [0.05, 0.1) is 5.69 Å². The highest BCUT2D eigenvalue weighted by Crippen LogP contribution is 2.41. The van der Waals surface area contributed by atoms with Gasteiger partial charge >= 0.3 is 0 Å². The van der Waals surface area contributed by atoms with E-state index in [1.54, 1.807) is 0 Å². The van der Waals surface area contributed by atoms with E-state index in [2.05, 4.69) is 16.9 Å². The first-order valence-corrected chi connectivity index (χ1v) is 4.92. The minimum atomic E-state index is 0.304. The molecule has 0 aliphatic heterocycles. The minimum absolute atomic E-state index is 0.304. The number of nitrogens with zero attached hydrogens (tertiary/aromatic N) is 1. The Morgan fingerprint density at radius 3 is 2.62 bits per heavy atom. The predicted molar refractivity (Wildman–Crippen MR) is 52.4 cm³/mol. The second kappa shape index (κ2) is 2.84. The van der Waals surface area contributed by atoms with Crippen LogP contribution in [0.4, 0.5) is 0 Å². The number of aryl methyl sites for hydroxylation is 1. The number of aromatic amines is 1. The van der Waals surface area contributed by atoms with Crippen LogP contribution in [0.2, 0.25) is 0 Å². The van der Waals surface area contributed by atoms with Crippen molar-refractivity contribution in [2.75, 3.05) is 0 Å². The molecule has 1 saturated carbocycles. The average molecular weight is 179 g/mol. The molecule has 1 aliphatic rings. The Morgan fingerprint density at radius 1 is 1.54 bits per heavy atom. The molecule has 0 saturated heterocycles. The summed E-state index contributed by atoms with van der Waals surface area (Å²) in [6.45, 7) is 4.86. The summed E-state index contributed by atoms with van der Waals surface area (Å²) in [6, 6.07) is 0. The Labute approximate surface area is 78.7 Å². The Hall–Kier alpha value is -0.830. The second-order valence-corrected chi connectivity index (χ2v) is 4.28. The number of hydrogen-bond acceptors (Lipinski definition) is 2. The van der Waals surface area contributed by atoms with Crippen molar-refractivity contribution in [1.82, 2.24) is 9.97 Å². The molecule has 0 unspecified atom stereocenters. The maximum absolute atomic E-state index is 5.58. The van der Waals surface area contributed by atoms with Gasteiger partial charge in [-0.2, -0.15) is 0 Å². The van der Waals surface area contributed by atoms with Crippen molar-refractivity contribution in [2.24, 2.45) is 5.73 Å². The van der Waals surface area contributed by atoms with Gasteiger partial charge in [0.1, 0.15) is 5.82 Å². The first kappa shape index (κ1) is 8.75. The molecule has 0 radical (unpaired) electrons. The number of nitrogens with two attached hydrogens (primary N) is 1. The molecule has 13 heavy (non-hydrogen) atoms. The van der Waals surface area contributed by atoms with Crippen molar-refractivity contribution < 1.29 is 0 Å². The molecular formula is C10H17N3. The summed E-state index contributed by atoms with van der Waals surface area (Å²) in [5.74, 6) is 1.14. The summed E-state index contributed by atoms with van der Waals surface area (Å²) in [7, 11) is 0. The zero-order valence-electron chi connectivity index (χ0n) is 8.35. The lowest BCUT2D eigenvalue weighted by atomic mass is 9.70. The van der Waals surface area contributed by atoms with Crippen LogP contribution < -0.4 is 5.73 Å². The summed E-state index contributed by atoms with van der Waals surface area (Å²) in [4.78, 5) is 7.89. The Bertz CT molecular complexity index is 310. The van der Waals surface area contributed by atoms with Crippen molar-refractivity contribution in [1.29, 1.82) is 0 Å². The zero-order valence-corrected chi connectivity index (χ0v) is 8.35. The van der Waals surface area contributed by atoms with Crippen LogP contribution >= 0.6 is 0 Å². The van der Waals surface area contributed by atoms with Crippen LogP contribution in [0.25, 0.3) is 0 Å². The summed E-state index contributed by atoms with van der Waals surface area (Å²) in [5, 5.41) is 0. The molecular weight excluding hydrogens is 162 g/mol. The summed E-state index contributed by atoms with van der Waals surface area (Å²) < 4.78 is 0. The molecule has 1 aliphatic carbocycles. The van der Waals surface area contributed by atoms with E-state index in [1.807, 2.05) is 6.92 Å². The standard InChI is InChI=1S/C10H17N3/c1-7-8(6-11)13-9(12-7)10(2)4-3-5-10/h3-6,11H2,1-2H3,(H,12,13). The van der Waals surface area contributed by atoms with Crippen LogP contribution in [0.5, 0.6) is 0 Å². The molecule has 0 bridgehead atoms. The van der Waals surface area contributed by atoms with Crippen molar-refractivity contribution >= 4 is 0 Å². The SMILES string of the molecule is Cc1[nH]c(C2(C)CCC2)nc1CN. The van der Waals surface area contributed by atoms with Gasteiger partial charge in [-0.25, -0.2) is 4.98 Å². The van der Waals surface area contributed by atoms with Gasteiger partial charge in [-0.15, -0.1) is 0 Å². The normalized spacial score (nSPS) is 19.9. The largest absolute Gasteiger partial charge is 0.345 e. The fourth-order valence-electron chi connectivity index (χ4n) is 1.93. The van der Waals surface area contributed by atoms with Gasteiger partial charge in [0, 0.05) is 17.7 Å². The predicted octanol–water partition coefficient (Wildman–Crippen LogP) is 1.62. The molecule has 1 aromatic rings. The highest BCUT2D eigenvalue weighted by molar-refractivity contribution is 5.20. The monoisotopic (exact) mass is 179 g/mol. The lowest BCUT2D eigenvalue weighted by molar-refractivity contribution is 0.257. The van der Waals surface area contributed by atoms with E-state index in [4.69, 9.17) is 5.73 Å². The number of hydrogen-bond donors (Lipinski definition) is 2. The van der Waals surface area contributed by atoms with E-state index >= 15 is 0 Å². The van der Waals surface area contributed by atoms with Crippen LogP contribution in [-0.2, 0) is 12.0 Å². The van der Waals surface area contributed by atoms with Gasteiger partial charge in [-0.3, -0.25) is 0 Å². The lowest BCUT2D eigenvalue weighted by Gasteiger charge is -2.36. The van der Waals surface area contributed by atoms with E-state index in [0.29, 0.717) is 12.0 Å². The fraction of sp³-hybridized carbons (Fsp3) is 0.700. The highest BCUT2D eigenvalue weighted by atomic mass is 15.0. The van der Waals surface area contributed by atoms with E-state index in [0.717, 1.165) is 17.2 Å². The van der Waals surface area contributed by atoms with Crippen LogP contribution in [-0.4, -0.2) is 9.97 Å². The third-order valence-corrected chi connectivity index (χ3v) is 3.21. The van der Waals surface area contributed by atoms with E-state index in [9.17, 15) is 0 Å². The van der Waals surface area contributed by atoms with Crippen molar-refractivity contribution in [3.05, 3.63) is 17.2 Å². The first-order valence-electron chi connectivity index (χ1n) is 4.92. The molecule has 3 nitrogen and oxygen atoms in total. The third-order valence-electron chi connectivity index (χ3n) is 3.21. The number of nitrogens with one attached hydrogen (secondary N) is 1. The number of H-pyrrole nitrogens is 1. The molecule has 3 heteroatoms. The molecule has 0 spiro atoms. The Morgan fingerprint density at radius 2 is 2.23 bits per heavy atom. The quantitative estimate of drug-likeness (QED) is 0.724. The van der Waals surface area contributed by atoms with Crippen LogP contribution in [0.1, 0.15) is 43.4 Å². The number of imidazole rings is 1. The third kappa shape index (κ3) is 1.27. The average Bonchev–Trinajstić information content (AvgIpc) is 2.43. The van der Waals surface area contributed by atoms with Gasteiger partial charge in [0.15, 0.2) is 0 Å². The molecule has 2 rings (SSSR count). The maximum Gasteiger partial charge on any atom is 0.112 e. The van der Waals surface area contributed by atoms with Crippen LogP contribution in [0.3, 0.4) is 0 Å². The molecule has 0 atom stereocenters. The summed E-state index contributed by atoms with van der Waals surface area (Å²) >= 11 is 0.